The average Bonchev–Trinajstić information content (AvgIpc) is 2.75. The zero-order chi connectivity index (χ0) is 22.4. The Morgan fingerprint density at radius 2 is 2.10 bits per heavy atom. The number of pyridine rings is 1. The molecule has 0 spiro atoms. The highest BCUT2D eigenvalue weighted by Crippen LogP contribution is 2.20. The van der Waals surface area contributed by atoms with Crippen LogP contribution < -0.4 is 16.6 Å². The summed E-state index contributed by atoms with van der Waals surface area (Å²) in [7, 11) is 0. The number of hydrogen-bond donors (Lipinski definition) is 2. The molecule has 31 heavy (non-hydrogen) atoms. The Morgan fingerprint density at radius 1 is 1.29 bits per heavy atom. The molecular formula is C23H26ClN5O2. The topological polar surface area (TPSA) is 103 Å². The summed E-state index contributed by atoms with van der Waals surface area (Å²) in [6.45, 7) is 4.34. The van der Waals surface area contributed by atoms with Gasteiger partial charge in [-0.2, -0.15) is 5.10 Å². The van der Waals surface area contributed by atoms with Gasteiger partial charge in [0.2, 0.25) is 5.91 Å². The van der Waals surface area contributed by atoms with Crippen molar-refractivity contribution in [1.29, 1.82) is 0 Å². The van der Waals surface area contributed by atoms with Crippen molar-refractivity contribution in [2.75, 3.05) is 0 Å². The Balaban J connectivity index is 1.69. The summed E-state index contributed by atoms with van der Waals surface area (Å²) in [4.78, 5) is 29.7. The molecule has 0 bridgehead atoms. The predicted octanol–water partition coefficient (Wildman–Crippen LogP) is 2.72. The molecule has 1 atom stereocenters. The lowest BCUT2D eigenvalue weighted by Gasteiger charge is -2.14. The normalized spacial score (nSPS) is 11.9. The quantitative estimate of drug-likeness (QED) is 0.561. The number of amides is 1. The standard InChI is InChI=1S/C23H26ClN5O2/c1-15-13-28-29(10-8-19-5-3-4-9-26-19)23(31)21(15)12-22(30)27-14-17-11-18(24)6-7-20(17)16(2)25/h3-7,9,11,13,16H,8,10,12,14,25H2,1-2H3,(H,27,30). The van der Waals surface area contributed by atoms with Crippen LogP contribution in [0.15, 0.2) is 53.6 Å². The number of aryl methyl sites for hydroxylation is 3. The van der Waals surface area contributed by atoms with E-state index < -0.39 is 0 Å². The molecule has 3 aromatic rings. The minimum atomic E-state index is -0.259. The number of nitrogens with zero attached hydrogens (tertiary/aromatic N) is 3. The van der Waals surface area contributed by atoms with Gasteiger partial charge in [0, 0.05) is 41.5 Å². The van der Waals surface area contributed by atoms with Gasteiger partial charge in [0.1, 0.15) is 0 Å². The number of nitrogens with one attached hydrogen (secondary N) is 1. The van der Waals surface area contributed by atoms with Crippen molar-refractivity contribution >= 4 is 17.5 Å². The maximum atomic E-state index is 12.9. The SMILES string of the molecule is Cc1cnn(CCc2ccccn2)c(=O)c1CC(=O)NCc1cc(Cl)ccc1C(C)N. The third kappa shape index (κ3) is 5.99. The van der Waals surface area contributed by atoms with Crippen LogP contribution in [0.1, 0.15) is 40.9 Å². The molecule has 7 nitrogen and oxygen atoms in total. The minimum Gasteiger partial charge on any atom is -0.352 e. The Hall–Kier alpha value is -3.03. The van der Waals surface area contributed by atoms with Gasteiger partial charge in [-0.25, -0.2) is 4.68 Å². The van der Waals surface area contributed by atoms with Crippen molar-refractivity contribution in [2.45, 2.75) is 45.8 Å². The van der Waals surface area contributed by atoms with E-state index in [-0.39, 0.29) is 30.5 Å². The van der Waals surface area contributed by atoms with Gasteiger partial charge in [0.05, 0.1) is 19.2 Å². The third-order valence-electron chi connectivity index (χ3n) is 5.07. The highest BCUT2D eigenvalue weighted by molar-refractivity contribution is 6.30. The molecule has 8 heteroatoms. The summed E-state index contributed by atoms with van der Waals surface area (Å²) in [5, 5.41) is 7.66. The van der Waals surface area contributed by atoms with E-state index in [4.69, 9.17) is 17.3 Å². The second kappa shape index (κ2) is 10.3. The van der Waals surface area contributed by atoms with Gasteiger partial charge in [-0.1, -0.05) is 23.7 Å². The van der Waals surface area contributed by atoms with E-state index in [1.807, 2.05) is 31.2 Å². The molecule has 0 aliphatic carbocycles. The Bertz CT molecular complexity index is 1110. The Kier molecular flexibility index (Phi) is 7.55. The number of nitrogens with two attached hydrogens (primary N) is 1. The molecule has 1 unspecified atom stereocenters. The zero-order valence-electron chi connectivity index (χ0n) is 17.6. The summed E-state index contributed by atoms with van der Waals surface area (Å²) < 4.78 is 1.38. The molecule has 1 amide bonds. The van der Waals surface area contributed by atoms with Crippen molar-refractivity contribution < 1.29 is 4.79 Å². The minimum absolute atomic E-state index is 0.0230. The van der Waals surface area contributed by atoms with E-state index in [2.05, 4.69) is 15.4 Å². The van der Waals surface area contributed by atoms with Gasteiger partial charge in [0.25, 0.3) is 5.56 Å². The van der Waals surface area contributed by atoms with Crippen LogP contribution >= 0.6 is 11.6 Å². The fraction of sp³-hybridized carbons (Fsp3) is 0.304. The third-order valence-corrected chi connectivity index (χ3v) is 5.31. The van der Waals surface area contributed by atoms with E-state index in [1.54, 1.807) is 31.5 Å². The van der Waals surface area contributed by atoms with Crippen LogP contribution in [-0.4, -0.2) is 20.7 Å². The molecule has 0 saturated carbocycles. The van der Waals surface area contributed by atoms with Gasteiger partial charge in [-0.15, -0.1) is 0 Å². The molecule has 2 heterocycles. The average molecular weight is 440 g/mol. The lowest BCUT2D eigenvalue weighted by Crippen LogP contribution is -2.32. The van der Waals surface area contributed by atoms with Gasteiger partial charge >= 0.3 is 0 Å². The zero-order valence-corrected chi connectivity index (χ0v) is 18.4. The molecule has 3 rings (SSSR count). The highest BCUT2D eigenvalue weighted by Gasteiger charge is 2.14. The number of aromatic nitrogens is 3. The van der Waals surface area contributed by atoms with E-state index >= 15 is 0 Å². The van der Waals surface area contributed by atoms with Crippen LogP contribution in [0.3, 0.4) is 0 Å². The number of hydrogen-bond acceptors (Lipinski definition) is 5. The van der Waals surface area contributed by atoms with Crippen molar-refractivity contribution in [1.82, 2.24) is 20.1 Å². The lowest BCUT2D eigenvalue weighted by molar-refractivity contribution is -0.120. The molecule has 1 aromatic carbocycles. The molecule has 2 aromatic heterocycles. The summed E-state index contributed by atoms with van der Waals surface area (Å²) in [5.41, 5.74) is 9.53. The fourth-order valence-corrected chi connectivity index (χ4v) is 3.54. The van der Waals surface area contributed by atoms with Gasteiger partial charge in [-0.3, -0.25) is 14.6 Å². The van der Waals surface area contributed by atoms with Crippen LogP contribution in [-0.2, 0) is 30.7 Å². The first kappa shape index (κ1) is 22.7. The molecule has 0 aliphatic heterocycles. The number of rotatable bonds is 8. The van der Waals surface area contributed by atoms with E-state index in [0.29, 0.717) is 29.1 Å². The summed E-state index contributed by atoms with van der Waals surface area (Å²) in [6, 6.07) is 10.9. The van der Waals surface area contributed by atoms with Crippen molar-refractivity contribution in [3.8, 4) is 0 Å². The van der Waals surface area contributed by atoms with Gasteiger partial charge < -0.3 is 11.1 Å². The first-order valence-corrected chi connectivity index (χ1v) is 10.5. The monoisotopic (exact) mass is 439 g/mol. The van der Waals surface area contributed by atoms with Crippen LogP contribution in [0, 0.1) is 6.92 Å². The van der Waals surface area contributed by atoms with Crippen LogP contribution in [0.5, 0.6) is 0 Å². The second-order valence-corrected chi connectivity index (χ2v) is 7.93. The molecule has 0 fully saturated rings. The predicted molar refractivity (Wildman–Crippen MR) is 121 cm³/mol. The van der Waals surface area contributed by atoms with E-state index in [0.717, 1.165) is 16.8 Å². The summed E-state index contributed by atoms with van der Waals surface area (Å²) in [6.07, 6.45) is 3.89. The molecular weight excluding hydrogens is 414 g/mol. The number of carbonyl (C=O) groups is 1. The van der Waals surface area contributed by atoms with Gasteiger partial charge in [0.15, 0.2) is 0 Å². The summed E-state index contributed by atoms with van der Waals surface area (Å²) >= 11 is 6.09. The van der Waals surface area contributed by atoms with Crippen LogP contribution in [0.2, 0.25) is 5.02 Å². The van der Waals surface area contributed by atoms with Crippen LogP contribution in [0.25, 0.3) is 0 Å². The molecule has 0 saturated heterocycles. The first-order valence-electron chi connectivity index (χ1n) is 10.1. The molecule has 0 aliphatic rings. The fourth-order valence-electron chi connectivity index (χ4n) is 3.34. The van der Waals surface area contributed by atoms with Crippen molar-refractivity contribution in [3.05, 3.63) is 92.1 Å². The number of carbonyl (C=O) groups excluding carboxylic acids is 1. The second-order valence-electron chi connectivity index (χ2n) is 7.49. The first-order chi connectivity index (χ1) is 14.8. The number of halogens is 1. The largest absolute Gasteiger partial charge is 0.352 e. The van der Waals surface area contributed by atoms with Crippen LogP contribution in [0.4, 0.5) is 0 Å². The maximum absolute atomic E-state index is 12.9. The van der Waals surface area contributed by atoms with Crippen molar-refractivity contribution in [2.24, 2.45) is 5.73 Å². The van der Waals surface area contributed by atoms with E-state index in [1.165, 1.54) is 4.68 Å². The van der Waals surface area contributed by atoms with E-state index in [9.17, 15) is 9.59 Å². The molecule has 162 valence electrons. The van der Waals surface area contributed by atoms with Crippen molar-refractivity contribution in [3.63, 3.8) is 0 Å². The summed E-state index contributed by atoms with van der Waals surface area (Å²) in [5.74, 6) is -0.252. The molecule has 3 N–H and O–H groups in total. The highest BCUT2D eigenvalue weighted by atomic mass is 35.5. The number of benzene rings is 1. The Morgan fingerprint density at radius 3 is 2.81 bits per heavy atom. The lowest BCUT2D eigenvalue weighted by atomic mass is 10.0. The molecule has 0 radical (unpaired) electrons. The maximum Gasteiger partial charge on any atom is 0.270 e. The smallest absolute Gasteiger partial charge is 0.270 e. The Labute approximate surface area is 186 Å². The van der Waals surface area contributed by atoms with Gasteiger partial charge in [-0.05, 0) is 54.8 Å².